The number of nitrogens with zero attached hydrogens (tertiary/aromatic N) is 4. The first kappa shape index (κ1) is 14.9. The van der Waals surface area contributed by atoms with E-state index in [9.17, 15) is 4.79 Å². The van der Waals surface area contributed by atoms with Crippen molar-refractivity contribution in [2.75, 3.05) is 0 Å². The Kier molecular flexibility index (Phi) is 4.42. The van der Waals surface area contributed by atoms with Crippen LogP contribution >= 0.6 is 0 Å². The van der Waals surface area contributed by atoms with Crippen molar-refractivity contribution in [3.05, 3.63) is 66.9 Å². The summed E-state index contributed by atoms with van der Waals surface area (Å²) in [6.07, 6.45) is 8.70. The minimum absolute atomic E-state index is 0.0787. The molecule has 1 N–H and O–H groups in total. The number of hydrogen-bond acceptors (Lipinski definition) is 4. The van der Waals surface area contributed by atoms with Gasteiger partial charge in [-0.15, -0.1) is 0 Å². The van der Waals surface area contributed by atoms with Crippen LogP contribution in [0.25, 0.3) is 11.3 Å². The molecule has 0 spiro atoms. The number of carbonyl (C=O) groups excluding carboxylic acids is 1. The van der Waals surface area contributed by atoms with E-state index in [0.717, 1.165) is 16.8 Å². The number of aromatic nitrogens is 4. The Labute approximate surface area is 134 Å². The van der Waals surface area contributed by atoms with Crippen molar-refractivity contribution in [3.63, 3.8) is 0 Å². The van der Waals surface area contributed by atoms with E-state index in [4.69, 9.17) is 0 Å². The van der Waals surface area contributed by atoms with Gasteiger partial charge < -0.3 is 5.32 Å². The number of pyridine rings is 2. The van der Waals surface area contributed by atoms with Gasteiger partial charge in [0.15, 0.2) is 0 Å². The van der Waals surface area contributed by atoms with Crippen LogP contribution in [-0.2, 0) is 11.3 Å². The molecule has 1 unspecified atom stereocenters. The van der Waals surface area contributed by atoms with Gasteiger partial charge in [-0.3, -0.25) is 19.4 Å². The molecule has 0 radical (unpaired) electrons. The van der Waals surface area contributed by atoms with Crippen LogP contribution in [0.3, 0.4) is 0 Å². The molecule has 116 valence electrons. The lowest BCUT2D eigenvalue weighted by atomic mass is 10.1. The lowest BCUT2D eigenvalue weighted by molar-refractivity contribution is -0.124. The van der Waals surface area contributed by atoms with Gasteiger partial charge >= 0.3 is 0 Å². The highest BCUT2D eigenvalue weighted by molar-refractivity contribution is 5.79. The summed E-state index contributed by atoms with van der Waals surface area (Å²) < 4.78 is 1.62. The highest BCUT2D eigenvalue weighted by Crippen LogP contribution is 2.15. The third-order valence-electron chi connectivity index (χ3n) is 3.55. The normalized spacial score (nSPS) is 11.9. The molecule has 0 saturated carbocycles. The molecule has 1 amide bonds. The maximum atomic E-state index is 12.1. The van der Waals surface area contributed by atoms with E-state index >= 15 is 0 Å². The zero-order valence-electron chi connectivity index (χ0n) is 12.8. The van der Waals surface area contributed by atoms with E-state index in [1.807, 2.05) is 31.2 Å². The molecule has 1 atom stereocenters. The fourth-order valence-electron chi connectivity index (χ4n) is 2.18. The molecule has 0 saturated heterocycles. The van der Waals surface area contributed by atoms with Crippen molar-refractivity contribution in [3.8, 4) is 11.3 Å². The SMILES string of the molecule is CC(C(=O)NCc1ccc(-c2cccnc2)nc1)n1cccn1. The maximum absolute atomic E-state index is 12.1. The third kappa shape index (κ3) is 3.60. The second-order valence-electron chi connectivity index (χ2n) is 5.17. The summed E-state index contributed by atoms with van der Waals surface area (Å²) in [6.45, 7) is 2.25. The summed E-state index contributed by atoms with van der Waals surface area (Å²) in [4.78, 5) is 20.6. The topological polar surface area (TPSA) is 72.7 Å². The average molecular weight is 307 g/mol. The molecule has 3 aromatic rings. The zero-order chi connectivity index (χ0) is 16.1. The minimum atomic E-state index is -0.340. The Bertz CT molecular complexity index is 753. The quantitative estimate of drug-likeness (QED) is 0.784. The van der Waals surface area contributed by atoms with Crippen LogP contribution in [0.5, 0.6) is 0 Å². The van der Waals surface area contributed by atoms with Crippen molar-refractivity contribution in [1.29, 1.82) is 0 Å². The van der Waals surface area contributed by atoms with Crippen molar-refractivity contribution < 1.29 is 4.79 Å². The number of nitrogens with one attached hydrogen (secondary N) is 1. The second-order valence-corrected chi connectivity index (χ2v) is 5.17. The summed E-state index contributed by atoms with van der Waals surface area (Å²) in [5, 5.41) is 6.97. The van der Waals surface area contributed by atoms with Gasteiger partial charge in [-0.05, 0) is 36.8 Å². The molecule has 3 heterocycles. The molecule has 0 bridgehead atoms. The van der Waals surface area contributed by atoms with Crippen LogP contribution in [0.1, 0.15) is 18.5 Å². The zero-order valence-corrected chi connectivity index (χ0v) is 12.8. The van der Waals surface area contributed by atoms with E-state index in [0.29, 0.717) is 6.54 Å². The number of carbonyl (C=O) groups is 1. The Morgan fingerprint density at radius 2 is 2.13 bits per heavy atom. The molecule has 0 aliphatic heterocycles. The first-order valence-electron chi connectivity index (χ1n) is 7.36. The van der Waals surface area contributed by atoms with Crippen molar-refractivity contribution >= 4 is 5.91 Å². The summed E-state index contributed by atoms with van der Waals surface area (Å²) in [5.74, 6) is -0.0787. The molecule has 0 aromatic carbocycles. The van der Waals surface area contributed by atoms with Gasteiger partial charge in [0.1, 0.15) is 6.04 Å². The Balaban J connectivity index is 1.60. The lowest BCUT2D eigenvalue weighted by Crippen LogP contribution is -2.30. The molecular weight excluding hydrogens is 290 g/mol. The second kappa shape index (κ2) is 6.83. The van der Waals surface area contributed by atoms with Gasteiger partial charge in [0.05, 0.1) is 5.69 Å². The summed E-state index contributed by atoms with van der Waals surface area (Å²) >= 11 is 0. The molecule has 0 aliphatic carbocycles. The van der Waals surface area contributed by atoms with E-state index in [1.54, 1.807) is 41.7 Å². The van der Waals surface area contributed by atoms with Crippen molar-refractivity contribution in [2.24, 2.45) is 0 Å². The molecule has 6 nitrogen and oxygen atoms in total. The molecule has 23 heavy (non-hydrogen) atoms. The van der Waals surface area contributed by atoms with Gasteiger partial charge in [-0.25, -0.2) is 0 Å². The van der Waals surface area contributed by atoms with Gasteiger partial charge in [0.2, 0.25) is 5.91 Å². The minimum Gasteiger partial charge on any atom is -0.350 e. The van der Waals surface area contributed by atoms with E-state index in [1.165, 1.54) is 0 Å². The van der Waals surface area contributed by atoms with E-state index < -0.39 is 0 Å². The number of hydrogen-bond donors (Lipinski definition) is 1. The highest BCUT2D eigenvalue weighted by atomic mass is 16.2. The van der Waals surface area contributed by atoms with Crippen LogP contribution < -0.4 is 5.32 Å². The van der Waals surface area contributed by atoms with E-state index in [2.05, 4.69) is 20.4 Å². The van der Waals surface area contributed by atoms with Gasteiger partial charge in [0, 0.05) is 43.1 Å². The smallest absolute Gasteiger partial charge is 0.244 e. The lowest BCUT2D eigenvalue weighted by Gasteiger charge is -2.12. The number of rotatable bonds is 5. The van der Waals surface area contributed by atoms with Gasteiger partial charge in [0.25, 0.3) is 0 Å². The van der Waals surface area contributed by atoms with Gasteiger partial charge in [-0.1, -0.05) is 6.07 Å². The van der Waals surface area contributed by atoms with Crippen LogP contribution in [0, 0.1) is 0 Å². The number of amides is 1. The monoisotopic (exact) mass is 307 g/mol. The Hall–Kier alpha value is -3.02. The fraction of sp³-hybridized carbons (Fsp3) is 0.176. The standard InChI is InChI=1S/C17H17N5O/c1-13(22-9-3-8-21-22)17(23)20-11-14-5-6-16(19-10-14)15-4-2-7-18-12-15/h2-10,12-13H,11H2,1H3,(H,20,23). The molecule has 0 fully saturated rings. The first-order chi connectivity index (χ1) is 11.2. The average Bonchev–Trinajstić information content (AvgIpc) is 3.15. The molecule has 0 aliphatic rings. The molecular formula is C17H17N5O. The van der Waals surface area contributed by atoms with Crippen molar-refractivity contribution in [2.45, 2.75) is 19.5 Å². The summed E-state index contributed by atoms with van der Waals surface area (Å²) in [6, 6.07) is 9.17. The molecule has 3 aromatic heterocycles. The highest BCUT2D eigenvalue weighted by Gasteiger charge is 2.14. The fourth-order valence-corrected chi connectivity index (χ4v) is 2.18. The molecule has 6 heteroatoms. The van der Waals surface area contributed by atoms with Crippen LogP contribution in [-0.4, -0.2) is 25.7 Å². The largest absolute Gasteiger partial charge is 0.350 e. The predicted molar refractivity (Wildman–Crippen MR) is 86.3 cm³/mol. The van der Waals surface area contributed by atoms with Crippen molar-refractivity contribution in [1.82, 2.24) is 25.1 Å². The van der Waals surface area contributed by atoms with Crippen LogP contribution in [0.4, 0.5) is 0 Å². The first-order valence-corrected chi connectivity index (χ1v) is 7.36. The Morgan fingerprint density at radius 1 is 1.22 bits per heavy atom. The summed E-state index contributed by atoms with van der Waals surface area (Å²) in [7, 11) is 0. The maximum Gasteiger partial charge on any atom is 0.244 e. The third-order valence-corrected chi connectivity index (χ3v) is 3.55. The Morgan fingerprint density at radius 3 is 2.78 bits per heavy atom. The van der Waals surface area contributed by atoms with Crippen LogP contribution in [0.15, 0.2) is 61.3 Å². The van der Waals surface area contributed by atoms with Crippen LogP contribution in [0.2, 0.25) is 0 Å². The molecule has 3 rings (SSSR count). The van der Waals surface area contributed by atoms with E-state index in [-0.39, 0.29) is 11.9 Å². The predicted octanol–water partition coefficient (Wildman–Crippen LogP) is 2.22. The van der Waals surface area contributed by atoms with Gasteiger partial charge in [-0.2, -0.15) is 5.10 Å². The summed E-state index contributed by atoms with van der Waals surface area (Å²) in [5.41, 5.74) is 2.77.